The van der Waals surface area contributed by atoms with Crippen LogP contribution in [0.15, 0.2) is 0 Å². The SMILES string of the molecule is COC(=O)CCCCCCCCCCCCCCCCCCCCCB(O)CCCCCCCCCCCCCCCCCCCCCC(=O)OC. The Morgan fingerprint density at radius 2 is 0.462 bits per heavy atom. The van der Waals surface area contributed by atoms with Crippen molar-refractivity contribution >= 4 is 18.9 Å². The molecule has 0 aliphatic heterocycles. The Hall–Kier alpha value is -1.04. The van der Waals surface area contributed by atoms with Crippen molar-refractivity contribution in [1.82, 2.24) is 0 Å². The molecule has 0 saturated carbocycles. The molecular formula is C46H91BO5. The van der Waals surface area contributed by atoms with Gasteiger partial charge in [0.05, 0.1) is 14.2 Å². The minimum Gasteiger partial charge on any atom is -0.469 e. The quantitative estimate of drug-likeness (QED) is 0.0383. The van der Waals surface area contributed by atoms with E-state index in [2.05, 4.69) is 9.47 Å². The van der Waals surface area contributed by atoms with E-state index in [1.807, 2.05) is 0 Å². The Kier molecular flexibility index (Phi) is 43.5. The molecule has 52 heavy (non-hydrogen) atoms. The molecule has 0 spiro atoms. The summed E-state index contributed by atoms with van der Waals surface area (Å²) in [5.41, 5.74) is 0. The third-order valence-electron chi connectivity index (χ3n) is 11.3. The van der Waals surface area contributed by atoms with E-state index in [4.69, 9.17) is 0 Å². The standard InChI is InChI=1S/C46H91BO5/c1-51-45(48)41-37-33-29-25-21-17-13-9-5-3-7-11-15-19-23-27-31-35-39-43-47(50)44-40-36-32-28-24-20-16-12-8-4-6-10-14-18-22-26-30-34-38-42-46(49)52-2/h50H,3-44H2,1-2H3. The van der Waals surface area contributed by atoms with E-state index in [0.717, 1.165) is 38.3 Å². The fraction of sp³-hybridized carbons (Fsp3) is 0.957. The summed E-state index contributed by atoms with van der Waals surface area (Å²) in [5.74, 6) is -0.138. The van der Waals surface area contributed by atoms with Crippen LogP contribution in [0.4, 0.5) is 0 Å². The van der Waals surface area contributed by atoms with Gasteiger partial charge in [0.25, 0.3) is 6.92 Å². The minimum absolute atomic E-state index is 0.0641. The van der Waals surface area contributed by atoms with Crippen molar-refractivity contribution in [3.05, 3.63) is 0 Å². The van der Waals surface area contributed by atoms with Gasteiger partial charge >= 0.3 is 11.9 Å². The number of carbonyl (C=O) groups is 2. The molecule has 0 heterocycles. The van der Waals surface area contributed by atoms with Crippen molar-refractivity contribution in [2.45, 2.75) is 269 Å². The molecule has 308 valence electrons. The van der Waals surface area contributed by atoms with E-state index in [9.17, 15) is 14.6 Å². The van der Waals surface area contributed by atoms with Gasteiger partial charge in [0.2, 0.25) is 0 Å². The van der Waals surface area contributed by atoms with E-state index in [1.165, 1.54) is 233 Å². The van der Waals surface area contributed by atoms with Gasteiger partial charge in [0.15, 0.2) is 0 Å². The number of unbranched alkanes of at least 4 members (excludes halogenated alkanes) is 36. The minimum atomic E-state index is -0.0690. The van der Waals surface area contributed by atoms with Crippen LogP contribution in [0.3, 0.4) is 0 Å². The number of hydrogen-bond donors (Lipinski definition) is 1. The summed E-state index contributed by atoms with van der Waals surface area (Å²) in [6.45, 7) is -0.0641. The molecule has 0 rings (SSSR count). The third kappa shape index (κ3) is 43.4. The molecule has 6 heteroatoms. The highest BCUT2D eigenvalue weighted by molar-refractivity contribution is 6.50. The largest absolute Gasteiger partial charge is 0.469 e. The molecular weight excluding hydrogens is 643 g/mol. The van der Waals surface area contributed by atoms with Crippen LogP contribution in [0.25, 0.3) is 0 Å². The zero-order chi connectivity index (χ0) is 37.8. The third-order valence-corrected chi connectivity index (χ3v) is 11.3. The Morgan fingerprint density at radius 1 is 0.308 bits per heavy atom. The van der Waals surface area contributed by atoms with Crippen molar-refractivity contribution in [1.29, 1.82) is 0 Å². The Balaban J connectivity index is 3.16. The lowest BCUT2D eigenvalue weighted by Gasteiger charge is -2.07. The fourth-order valence-corrected chi connectivity index (χ4v) is 7.66. The van der Waals surface area contributed by atoms with E-state index < -0.39 is 0 Å². The van der Waals surface area contributed by atoms with Crippen molar-refractivity contribution in [3.63, 3.8) is 0 Å². The van der Waals surface area contributed by atoms with Gasteiger partial charge in [-0.3, -0.25) is 9.59 Å². The van der Waals surface area contributed by atoms with Crippen LogP contribution in [0.5, 0.6) is 0 Å². The Bertz CT molecular complexity index is 659. The lowest BCUT2D eigenvalue weighted by atomic mass is 9.60. The second-order valence-electron chi connectivity index (χ2n) is 16.3. The van der Waals surface area contributed by atoms with Crippen LogP contribution in [0, 0.1) is 0 Å². The second-order valence-corrected chi connectivity index (χ2v) is 16.3. The number of ether oxygens (including phenoxy) is 2. The molecule has 0 aliphatic carbocycles. The van der Waals surface area contributed by atoms with Crippen LogP contribution in [-0.4, -0.2) is 38.1 Å². The zero-order valence-corrected chi connectivity index (χ0v) is 35.4. The monoisotopic (exact) mass is 735 g/mol. The summed E-state index contributed by atoms with van der Waals surface area (Å²) >= 11 is 0. The topological polar surface area (TPSA) is 72.8 Å². The maximum atomic E-state index is 11.1. The first-order chi connectivity index (χ1) is 25.6. The lowest BCUT2D eigenvalue weighted by molar-refractivity contribution is -0.141. The summed E-state index contributed by atoms with van der Waals surface area (Å²) in [7, 11) is 2.94. The van der Waals surface area contributed by atoms with Gasteiger partial charge in [-0.15, -0.1) is 0 Å². The van der Waals surface area contributed by atoms with Crippen molar-refractivity contribution in [2.24, 2.45) is 0 Å². The van der Waals surface area contributed by atoms with Gasteiger partial charge < -0.3 is 14.5 Å². The molecule has 0 amide bonds. The van der Waals surface area contributed by atoms with E-state index in [-0.39, 0.29) is 18.9 Å². The van der Waals surface area contributed by atoms with Crippen LogP contribution < -0.4 is 0 Å². The molecule has 0 aromatic heterocycles. The summed E-state index contributed by atoms with van der Waals surface area (Å²) in [5, 5.41) is 10.4. The first-order valence-corrected chi connectivity index (χ1v) is 23.4. The van der Waals surface area contributed by atoms with Gasteiger partial charge in [-0.2, -0.15) is 0 Å². The highest BCUT2D eigenvalue weighted by atomic mass is 16.5. The van der Waals surface area contributed by atoms with Crippen LogP contribution >= 0.6 is 0 Å². The molecule has 0 aliphatic rings. The van der Waals surface area contributed by atoms with Crippen LogP contribution in [-0.2, 0) is 19.1 Å². The average molecular weight is 735 g/mol. The molecule has 0 aromatic carbocycles. The summed E-state index contributed by atoms with van der Waals surface area (Å²) < 4.78 is 9.37. The fourth-order valence-electron chi connectivity index (χ4n) is 7.66. The van der Waals surface area contributed by atoms with Crippen molar-refractivity contribution < 1.29 is 24.1 Å². The van der Waals surface area contributed by atoms with Gasteiger partial charge in [-0.05, 0) is 25.5 Å². The van der Waals surface area contributed by atoms with Crippen molar-refractivity contribution in [2.75, 3.05) is 14.2 Å². The van der Waals surface area contributed by atoms with E-state index in [1.54, 1.807) is 0 Å². The molecule has 0 atom stereocenters. The first-order valence-electron chi connectivity index (χ1n) is 23.4. The second kappa shape index (κ2) is 44.4. The van der Waals surface area contributed by atoms with Crippen LogP contribution in [0.2, 0.25) is 12.6 Å². The molecule has 1 N–H and O–H groups in total. The average Bonchev–Trinajstić information content (AvgIpc) is 3.15. The van der Waals surface area contributed by atoms with Gasteiger partial charge in [-0.25, -0.2) is 0 Å². The summed E-state index contributed by atoms with van der Waals surface area (Å²) in [6, 6.07) is 0. The first kappa shape index (κ1) is 51.0. The van der Waals surface area contributed by atoms with E-state index in [0.29, 0.717) is 12.8 Å². The molecule has 0 fully saturated rings. The zero-order valence-electron chi connectivity index (χ0n) is 35.4. The predicted molar refractivity (Wildman–Crippen MR) is 226 cm³/mol. The number of hydrogen-bond acceptors (Lipinski definition) is 5. The predicted octanol–water partition coefficient (Wildman–Crippen LogP) is 14.9. The smallest absolute Gasteiger partial charge is 0.305 e. The normalized spacial score (nSPS) is 11.3. The van der Waals surface area contributed by atoms with E-state index >= 15 is 0 Å². The molecule has 0 radical (unpaired) electrons. The number of methoxy groups -OCH3 is 2. The highest BCUT2D eigenvalue weighted by Gasteiger charge is 2.09. The number of carbonyl (C=O) groups excluding carboxylic acids is 2. The molecule has 0 unspecified atom stereocenters. The molecule has 0 bridgehead atoms. The molecule has 0 aromatic rings. The Morgan fingerprint density at radius 3 is 0.635 bits per heavy atom. The van der Waals surface area contributed by atoms with Gasteiger partial charge in [0.1, 0.15) is 0 Å². The maximum absolute atomic E-state index is 11.1. The van der Waals surface area contributed by atoms with Crippen molar-refractivity contribution in [3.8, 4) is 0 Å². The number of esters is 2. The maximum Gasteiger partial charge on any atom is 0.305 e. The number of rotatable bonds is 44. The highest BCUT2D eigenvalue weighted by Crippen LogP contribution is 2.18. The summed E-state index contributed by atoms with van der Waals surface area (Å²) in [6.07, 6.45) is 54.0. The summed E-state index contributed by atoms with van der Waals surface area (Å²) in [4.78, 5) is 22.2. The molecule has 5 nitrogen and oxygen atoms in total. The van der Waals surface area contributed by atoms with Crippen LogP contribution in [0.1, 0.15) is 257 Å². The lowest BCUT2D eigenvalue weighted by Crippen LogP contribution is -2.10. The molecule has 0 saturated heterocycles. The Labute approximate surface area is 325 Å². The van der Waals surface area contributed by atoms with Gasteiger partial charge in [0, 0.05) is 12.8 Å². The van der Waals surface area contributed by atoms with Gasteiger partial charge in [-0.1, -0.05) is 231 Å².